The fraction of sp³-hybridized carbons (Fsp3) is 0.562. The second kappa shape index (κ2) is 6.16. The number of hydrogen-bond acceptors (Lipinski definition) is 3. The third-order valence-corrected chi connectivity index (χ3v) is 4.11. The Morgan fingerprint density at radius 1 is 1.30 bits per heavy atom. The molecule has 1 aromatic carbocycles. The molecule has 0 aromatic heterocycles. The highest BCUT2D eigenvalue weighted by Gasteiger charge is 2.32. The minimum absolute atomic E-state index is 0.150. The number of rotatable bonds is 6. The summed E-state index contributed by atoms with van der Waals surface area (Å²) in [6.07, 6.45) is 2.89. The third kappa shape index (κ3) is 3.24. The van der Waals surface area contributed by atoms with Crippen molar-refractivity contribution in [3.63, 3.8) is 0 Å². The number of ether oxygens (including phenoxy) is 2. The molecule has 1 saturated carbocycles. The minimum Gasteiger partial charge on any atom is -0.493 e. The van der Waals surface area contributed by atoms with Gasteiger partial charge in [-0.1, -0.05) is 6.07 Å². The van der Waals surface area contributed by atoms with Crippen molar-refractivity contribution >= 4 is 5.91 Å². The molecule has 1 unspecified atom stereocenters. The van der Waals surface area contributed by atoms with E-state index in [2.05, 4.69) is 6.92 Å². The Hall–Kier alpha value is -1.71. The van der Waals surface area contributed by atoms with Crippen molar-refractivity contribution in [3.05, 3.63) is 23.8 Å². The van der Waals surface area contributed by atoms with E-state index in [0.29, 0.717) is 29.9 Å². The van der Waals surface area contributed by atoms with Crippen molar-refractivity contribution < 1.29 is 14.3 Å². The van der Waals surface area contributed by atoms with Crippen LogP contribution in [0.15, 0.2) is 18.2 Å². The summed E-state index contributed by atoms with van der Waals surface area (Å²) in [6.45, 7) is 2.13. The lowest BCUT2D eigenvalue weighted by molar-refractivity contribution is -0.131. The van der Waals surface area contributed by atoms with Gasteiger partial charge in [-0.3, -0.25) is 4.79 Å². The molecule has 4 nitrogen and oxygen atoms in total. The molecule has 1 aromatic rings. The fourth-order valence-electron chi connectivity index (χ4n) is 2.41. The number of benzene rings is 1. The number of nitrogens with zero attached hydrogens (tertiary/aromatic N) is 1. The monoisotopic (exact) mass is 277 g/mol. The number of carbonyl (C=O) groups excluding carboxylic acids is 1. The molecule has 1 fully saturated rings. The zero-order valence-corrected chi connectivity index (χ0v) is 12.7. The minimum atomic E-state index is 0.150. The van der Waals surface area contributed by atoms with Crippen LogP contribution in [0.1, 0.15) is 25.3 Å². The van der Waals surface area contributed by atoms with E-state index in [0.717, 1.165) is 5.56 Å². The molecule has 1 aliphatic carbocycles. The highest BCUT2D eigenvalue weighted by molar-refractivity contribution is 5.79. The highest BCUT2D eigenvalue weighted by Crippen LogP contribution is 2.35. The molecule has 1 amide bonds. The summed E-state index contributed by atoms with van der Waals surface area (Å²) in [5, 5.41) is 0. The molecule has 0 radical (unpaired) electrons. The Balaban J connectivity index is 2.03. The Morgan fingerprint density at radius 2 is 1.95 bits per heavy atom. The lowest BCUT2D eigenvalue weighted by atomic mass is 10.1. The normalized spacial score (nSPS) is 15.6. The van der Waals surface area contributed by atoms with E-state index in [1.807, 2.05) is 30.1 Å². The molecule has 0 heterocycles. The van der Waals surface area contributed by atoms with Gasteiger partial charge >= 0.3 is 0 Å². The number of likely N-dealkylation sites (N-methyl/N-ethyl adjacent to an activating group) is 1. The van der Waals surface area contributed by atoms with Crippen molar-refractivity contribution in [2.75, 3.05) is 21.3 Å². The molecular formula is C16H23NO3. The van der Waals surface area contributed by atoms with Gasteiger partial charge in [-0.2, -0.15) is 0 Å². The molecule has 20 heavy (non-hydrogen) atoms. The van der Waals surface area contributed by atoms with Crippen LogP contribution in [-0.4, -0.2) is 38.1 Å². The molecule has 0 saturated heterocycles. The standard InChI is InChI=1S/C16H23NO3/c1-11(13-6-7-13)17(2)16(18)10-12-5-8-14(19-3)15(9-12)20-4/h5,8-9,11,13H,6-7,10H2,1-4H3. The van der Waals surface area contributed by atoms with Crippen molar-refractivity contribution in [2.24, 2.45) is 5.92 Å². The van der Waals surface area contributed by atoms with E-state index in [9.17, 15) is 4.79 Å². The van der Waals surface area contributed by atoms with E-state index in [1.54, 1.807) is 14.2 Å². The van der Waals surface area contributed by atoms with Gasteiger partial charge < -0.3 is 14.4 Å². The molecule has 0 spiro atoms. The summed E-state index contributed by atoms with van der Waals surface area (Å²) in [5.41, 5.74) is 0.947. The lowest BCUT2D eigenvalue weighted by Crippen LogP contribution is -2.37. The largest absolute Gasteiger partial charge is 0.493 e. The maximum absolute atomic E-state index is 12.3. The quantitative estimate of drug-likeness (QED) is 0.802. The molecule has 2 rings (SSSR count). The fourth-order valence-corrected chi connectivity index (χ4v) is 2.41. The zero-order chi connectivity index (χ0) is 14.7. The highest BCUT2D eigenvalue weighted by atomic mass is 16.5. The predicted octanol–water partition coefficient (Wildman–Crippen LogP) is 2.50. The summed E-state index contributed by atoms with van der Waals surface area (Å²) in [4.78, 5) is 14.2. The molecule has 1 atom stereocenters. The molecule has 4 heteroatoms. The van der Waals surface area contributed by atoms with Crippen molar-refractivity contribution in [2.45, 2.75) is 32.2 Å². The van der Waals surface area contributed by atoms with Crippen LogP contribution in [0.3, 0.4) is 0 Å². The number of hydrogen-bond donors (Lipinski definition) is 0. The smallest absolute Gasteiger partial charge is 0.226 e. The topological polar surface area (TPSA) is 38.8 Å². The molecule has 1 aliphatic rings. The first-order chi connectivity index (χ1) is 9.56. The van der Waals surface area contributed by atoms with E-state index in [-0.39, 0.29) is 5.91 Å². The molecule has 0 bridgehead atoms. The zero-order valence-electron chi connectivity index (χ0n) is 12.7. The Kier molecular flexibility index (Phi) is 4.53. The summed E-state index contributed by atoms with van der Waals surface area (Å²) in [6, 6.07) is 5.95. The first kappa shape index (κ1) is 14.7. The van der Waals surface area contributed by atoms with Crippen LogP contribution in [-0.2, 0) is 11.2 Å². The second-order valence-electron chi connectivity index (χ2n) is 5.45. The molecular weight excluding hydrogens is 254 g/mol. The number of amides is 1. The third-order valence-electron chi connectivity index (χ3n) is 4.11. The first-order valence-corrected chi connectivity index (χ1v) is 7.03. The van der Waals surface area contributed by atoms with E-state index >= 15 is 0 Å². The second-order valence-corrected chi connectivity index (χ2v) is 5.45. The van der Waals surface area contributed by atoms with Crippen molar-refractivity contribution in [3.8, 4) is 11.5 Å². The summed E-state index contributed by atoms with van der Waals surface area (Å²) in [5.74, 6) is 2.19. The maximum atomic E-state index is 12.3. The number of carbonyl (C=O) groups is 1. The average molecular weight is 277 g/mol. The van der Waals surface area contributed by atoms with Crippen LogP contribution in [0.4, 0.5) is 0 Å². The van der Waals surface area contributed by atoms with Crippen molar-refractivity contribution in [1.29, 1.82) is 0 Å². The van der Waals surface area contributed by atoms with Crippen LogP contribution in [0.2, 0.25) is 0 Å². The van der Waals surface area contributed by atoms with Crippen LogP contribution < -0.4 is 9.47 Å². The van der Waals surface area contributed by atoms with Crippen LogP contribution in [0.5, 0.6) is 11.5 Å². The van der Waals surface area contributed by atoms with E-state index in [4.69, 9.17) is 9.47 Å². The van der Waals surface area contributed by atoms with Crippen molar-refractivity contribution in [1.82, 2.24) is 4.90 Å². The van der Waals surface area contributed by atoms with Gasteiger partial charge in [-0.05, 0) is 43.4 Å². The van der Waals surface area contributed by atoms with E-state index < -0.39 is 0 Å². The molecule has 110 valence electrons. The van der Waals surface area contributed by atoms with Gasteiger partial charge in [-0.25, -0.2) is 0 Å². The average Bonchev–Trinajstić information content (AvgIpc) is 3.30. The summed E-state index contributed by atoms with van der Waals surface area (Å²) in [7, 11) is 5.10. The Bertz CT molecular complexity index is 483. The Morgan fingerprint density at radius 3 is 2.50 bits per heavy atom. The summed E-state index contributed by atoms with van der Waals surface area (Å²) >= 11 is 0. The van der Waals surface area contributed by atoms with Gasteiger partial charge in [0, 0.05) is 13.1 Å². The molecule has 0 N–H and O–H groups in total. The SMILES string of the molecule is COc1ccc(CC(=O)N(C)C(C)C2CC2)cc1OC. The van der Waals surface area contributed by atoms with Gasteiger partial charge in [-0.15, -0.1) is 0 Å². The van der Waals surface area contributed by atoms with Crippen LogP contribution in [0.25, 0.3) is 0 Å². The van der Waals surface area contributed by atoms with Crippen LogP contribution >= 0.6 is 0 Å². The van der Waals surface area contributed by atoms with Gasteiger partial charge in [0.2, 0.25) is 5.91 Å². The first-order valence-electron chi connectivity index (χ1n) is 7.03. The van der Waals surface area contributed by atoms with Gasteiger partial charge in [0.05, 0.1) is 20.6 Å². The summed E-state index contributed by atoms with van der Waals surface area (Å²) < 4.78 is 10.5. The Labute approximate surface area is 120 Å². The molecule has 0 aliphatic heterocycles. The lowest BCUT2D eigenvalue weighted by Gasteiger charge is -2.25. The van der Waals surface area contributed by atoms with E-state index in [1.165, 1.54) is 12.8 Å². The van der Waals surface area contributed by atoms with Gasteiger partial charge in [0.15, 0.2) is 11.5 Å². The van der Waals surface area contributed by atoms with Crippen LogP contribution in [0, 0.1) is 5.92 Å². The number of methoxy groups -OCH3 is 2. The van der Waals surface area contributed by atoms with Gasteiger partial charge in [0.25, 0.3) is 0 Å². The maximum Gasteiger partial charge on any atom is 0.226 e. The predicted molar refractivity (Wildman–Crippen MR) is 78.2 cm³/mol. The van der Waals surface area contributed by atoms with Gasteiger partial charge in [0.1, 0.15) is 0 Å².